The molecule has 1 rings (SSSR count). The number of carboxylic acid groups (broad SMARTS) is 1. The Balaban J connectivity index is 2.88. The summed E-state index contributed by atoms with van der Waals surface area (Å²) in [6, 6.07) is 0. The topological polar surface area (TPSA) is 63.3 Å². The Kier molecular flexibility index (Phi) is 1.66. The average molecular weight is 145 g/mol. The van der Waals surface area contributed by atoms with E-state index in [4.69, 9.17) is 5.11 Å². The van der Waals surface area contributed by atoms with Gasteiger partial charge in [-0.3, -0.25) is 0 Å². The molecule has 0 unspecified atom stereocenters. The maximum absolute atomic E-state index is 11.7. The number of hydrogen-bond donors (Lipinski definition) is 1. The van der Waals surface area contributed by atoms with Gasteiger partial charge in [0.15, 0.2) is 6.67 Å². The van der Waals surface area contributed by atoms with Crippen LogP contribution >= 0.6 is 0 Å². The third-order valence-electron chi connectivity index (χ3n) is 0.879. The summed E-state index contributed by atoms with van der Waals surface area (Å²) in [5.41, 5.74) is 0. The first-order valence-corrected chi connectivity index (χ1v) is 2.48. The highest BCUT2D eigenvalue weighted by atomic mass is 19.1. The van der Waals surface area contributed by atoms with Gasteiger partial charge in [0, 0.05) is 0 Å². The van der Waals surface area contributed by atoms with Crippen molar-refractivity contribution in [2.45, 2.75) is 6.67 Å². The second-order valence-electron chi connectivity index (χ2n) is 1.56. The number of aromatic nitrogens is 1. The number of nitrogens with zero attached hydrogens (tertiary/aromatic N) is 1. The molecule has 54 valence electrons. The van der Waals surface area contributed by atoms with Crippen LogP contribution in [0.15, 0.2) is 10.6 Å². The lowest BCUT2D eigenvalue weighted by Crippen LogP contribution is -1.91. The molecule has 0 aliphatic heterocycles. The van der Waals surface area contributed by atoms with Gasteiger partial charge in [0.2, 0.25) is 11.7 Å². The molecule has 0 fully saturated rings. The molecular formula is C5H4FNO3. The molecule has 0 aromatic carbocycles. The smallest absolute Gasteiger partial charge is 0.373 e. The van der Waals surface area contributed by atoms with Gasteiger partial charge in [0.1, 0.15) is 0 Å². The van der Waals surface area contributed by atoms with Crippen LogP contribution in [0.4, 0.5) is 4.39 Å². The fourth-order valence-corrected chi connectivity index (χ4v) is 0.471. The number of carboxylic acids is 1. The molecule has 5 heteroatoms. The summed E-state index contributed by atoms with van der Waals surface area (Å²) in [5.74, 6) is -1.79. The standard InChI is InChI=1S/C5H4FNO3/c6-1-4-7-2-3(10-4)5(8)9/h2H,1H2,(H,8,9). The van der Waals surface area contributed by atoms with Gasteiger partial charge in [-0.1, -0.05) is 0 Å². The van der Waals surface area contributed by atoms with Gasteiger partial charge in [-0.25, -0.2) is 14.2 Å². The zero-order valence-electron chi connectivity index (χ0n) is 4.87. The Labute approximate surface area is 55.3 Å². The van der Waals surface area contributed by atoms with Crippen LogP contribution in [0.1, 0.15) is 16.4 Å². The fraction of sp³-hybridized carbons (Fsp3) is 0.200. The molecule has 0 amide bonds. The lowest BCUT2D eigenvalue weighted by atomic mass is 10.5. The van der Waals surface area contributed by atoms with Crippen LogP contribution in [0.25, 0.3) is 0 Å². The van der Waals surface area contributed by atoms with Crippen molar-refractivity contribution in [1.82, 2.24) is 4.98 Å². The van der Waals surface area contributed by atoms with E-state index in [0.717, 1.165) is 6.20 Å². The van der Waals surface area contributed by atoms with E-state index in [-0.39, 0.29) is 11.7 Å². The molecule has 0 aliphatic rings. The van der Waals surface area contributed by atoms with Crippen molar-refractivity contribution in [2.24, 2.45) is 0 Å². The first-order chi connectivity index (χ1) is 4.74. The maximum Gasteiger partial charge on any atom is 0.373 e. The summed E-state index contributed by atoms with van der Waals surface area (Å²) in [6.07, 6.45) is 0.969. The van der Waals surface area contributed by atoms with Gasteiger partial charge in [-0.15, -0.1) is 0 Å². The third kappa shape index (κ3) is 1.12. The van der Waals surface area contributed by atoms with Crippen LogP contribution in [0.2, 0.25) is 0 Å². The summed E-state index contributed by atoms with van der Waals surface area (Å²) in [6.45, 7) is -0.882. The zero-order valence-corrected chi connectivity index (χ0v) is 4.87. The number of hydrogen-bond acceptors (Lipinski definition) is 3. The molecule has 0 saturated heterocycles. The van der Waals surface area contributed by atoms with E-state index < -0.39 is 12.6 Å². The van der Waals surface area contributed by atoms with E-state index in [0.29, 0.717) is 0 Å². The SMILES string of the molecule is O=C(O)c1cnc(CF)o1. The Morgan fingerprint density at radius 3 is 2.90 bits per heavy atom. The molecule has 0 saturated carbocycles. The van der Waals surface area contributed by atoms with Gasteiger partial charge >= 0.3 is 5.97 Å². The summed E-state index contributed by atoms with van der Waals surface area (Å²) in [4.78, 5) is 13.4. The third-order valence-corrected chi connectivity index (χ3v) is 0.879. The van der Waals surface area contributed by atoms with Crippen molar-refractivity contribution in [3.63, 3.8) is 0 Å². The van der Waals surface area contributed by atoms with Crippen LogP contribution in [-0.4, -0.2) is 16.1 Å². The van der Waals surface area contributed by atoms with Crippen molar-refractivity contribution in [3.8, 4) is 0 Å². The second kappa shape index (κ2) is 2.47. The molecule has 0 radical (unpaired) electrons. The van der Waals surface area contributed by atoms with Crippen molar-refractivity contribution in [3.05, 3.63) is 17.8 Å². The number of alkyl halides is 1. The van der Waals surface area contributed by atoms with E-state index in [1.165, 1.54) is 0 Å². The van der Waals surface area contributed by atoms with E-state index in [1.54, 1.807) is 0 Å². The lowest BCUT2D eigenvalue weighted by Gasteiger charge is -1.81. The van der Waals surface area contributed by atoms with Crippen LogP contribution in [-0.2, 0) is 6.67 Å². The maximum atomic E-state index is 11.7. The van der Waals surface area contributed by atoms with Crippen LogP contribution in [0.3, 0.4) is 0 Å². The van der Waals surface area contributed by atoms with Gasteiger partial charge in [0.25, 0.3) is 0 Å². The van der Waals surface area contributed by atoms with Crippen LogP contribution in [0.5, 0.6) is 0 Å². The molecule has 1 heterocycles. The number of halogens is 1. The van der Waals surface area contributed by atoms with Gasteiger partial charge in [-0.05, 0) is 0 Å². The van der Waals surface area contributed by atoms with E-state index in [1.807, 2.05) is 0 Å². The van der Waals surface area contributed by atoms with Crippen LogP contribution in [0, 0.1) is 0 Å². The highest BCUT2D eigenvalue weighted by Gasteiger charge is 2.09. The fourth-order valence-electron chi connectivity index (χ4n) is 0.471. The summed E-state index contributed by atoms with van der Waals surface area (Å²) in [5, 5.41) is 8.24. The normalized spacial score (nSPS) is 9.70. The van der Waals surface area contributed by atoms with Crippen LogP contribution < -0.4 is 0 Å². The Morgan fingerprint density at radius 2 is 2.60 bits per heavy atom. The highest BCUT2D eigenvalue weighted by molar-refractivity contribution is 5.83. The molecule has 0 spiro atoms. The zero-order chi connectivity index (χ0) is 7.56. The predicted octanol–water partition coefficient (Wildman–Crippen LogP) is 0.842. The Bertz CT molecular complexity index is 245. The first-order valence-electron chi connectivity index (χ1n) is 2.48. The first kappa shape index (κ1) is 6.73. The minimum Gasteiger partial charge on any atom is -0.475 e. The highest BCUT2D eigenvalue weighted by Crippen LogP contribution is 2.03. The van der Waals surface area contributed by atoms with Crippen molar-refractivity contribution in [1.29, 1.82) is 0 Å². The minimum absolute atomic E-state index is 0.211. The quantitative estimate of drug-likeness (QED) is 0.669. The van der Waals surface area contributed by atoms with E-state index in [2.05, 4.69) is 9.40 Å². The van der Waals surface area contributed by atoms with Gasteiger partial charge in [-0.2, -0.15) is 0 Å². The van der Waals surface area contributed by atoms with Crippen molar-refractivity contribution < 1.29 is 18.7 Å². The lowest BCUT2D eigenvalue weighted by molar-refractivity contribution is 0.0659. The number of carbonyl (C=O) groups is 1. The summed E-state index contributed by atoms with van der Waals surface area (Å²) < 4.78 is 16.1. The number of aromatic carboxylic acids is 1. The Morgan fingerprint density at radius 1 is 1.90 bits per heavy atom. The summed E-state index contributed by atoms with van der Waals surface area (Å²) in [7, 11) is 0. The number of oxazole rings is 1. The van der Waals surface area contributed by atoms with Gasteiger partial charge in [0.05, 0.1) is 6.20 Å². The molecule has 4 nitrogen and oxygen atoms in total. The monoisotopic (exact) mass is 145 g/mol. The molecule has 1 aromatic rings. The Hall–Kier alpha value is -1.39. The minimum atomic E-state index is -1.24. The molecule has 0 atom stereocenters. The molecule has 10 heavy (non-hydrogen) atoms. The molecule has 0 bridgehead atoms. The molecule has 1 N–H and O–H groups in total. The van der Waals surface area contributed by atoms with Gasteiger partial charge < -0.3 is 9.52 Å². The number of rotatable bonds is 2. The van der Waals surface area contributed by atoms with Crippen molar-refractivity contribution >= 4 is 5.97 Å². The van der Waals surface area contributed by atoms with Crippen molar-refractivity contribution in [2.75, 3.05) is 0 Å². The molecule has 0 aliphatic carbocycles. The summed E-state index contributed by atoms with van der Waals surface area (Å²) >= 11 is 0. The molecular weight excluding hydrogens is 141 g/mol. The largest absolute Gasteiger partial charge is 0.475 e. The van der Waals surface area contributed by atoms with E-state index in [9.17, 15) is 9.18 Å². The second-order valence-corrected chi connectivity index (χ2v) is 1.56. The predicted molar refractivity (Wildman–Crippen MR) is 28.3 cm³/mol. The average Bonchev–Trinajstić information content (AvgIpc) is 2.34. The van der Waals surface area contributed by atoms with E-state index >= 15 is 0 Å². The molecule has 1 aromatic heterocycles.